The van der Waals surface area contributed by atoms with Gasteiger partial charge in [-0.25, -0.2) is 5.26 Å². The minimum atomic E-state index is -1.98. The number of hydrogen-bond donors (Lipinski definition) is 0. The zero-order valence-electron chi connectivity index (χ0n) is 12.0. The molecule has 0 aliphatic carbocycles. The van der Waals surface area contributed by atoms with Gasteiger partial charge in [0, 0.05) is 0 Å². The van der Waals surface area contributed by atoms with E-state index in [0.29, 0.717) is 0 Å². The van der Waals surface area contributed by atoms with Gasteiger partial charge in [-0.2, -0.15) is 0 Å². The van der Waals surface area contributed by atoms with E-state index in [1.54, 1.807) is 0 Å². The van der Waals surface area contributed by atoms with E-state index in [-0.39, 0.29) is 0 Å². The summed E-state index contributed by atoms with van der Waals surface area (Å²) in [5, 5.41) is 8.47. The van der Waals surface area contributed by atoms with Crippen molar-refractivity contribution in [2.24, 2.45) is 0 Å². The first-order chi connectivity index (χ1) is 10.9. The normalized spacial score (nSPS) is 9.45. The molecule has 3 aromatic carbocycles. The fourth-order valence-corrected chi connectivity index (χ4v) is 9.67. The molecule has 22 heavy (non-hydrogen) atoms. The molecule has 107 valence electrons. The predicted molar refractivity (Wildman–Crippen MR) is 97.0 cm³/mol. The summed E-state index contributed by atoms with van der Waals surface area (Å²) in [5.41, 5.74) is 0. The molecule has 0 atom stereocenters. The van der Waals surface area contributed by atoms with Gasteiger partial charge in [0.1, 0.15) is 0 Å². The van der Waals surface area contributed by atoms with Gasteiger partial charge >= 0.3 is 121 Å². The first kappa shape index (κ1) is 16.5. The van der Waals surface area contributed by atoms with Crippen molar-refractivity contribution in [3.05, 3.63) is 91.0 Å². The summed E-state index contributed by atoms with van der Waals surface area (Å²) in [7, 11) is 0. The SMILES string of the molecule is N#C[S-].c1cc[c]([Sn]([c]2ccccc2)[c]2ccccc2)cc1. The molecule has 0 aliphatic rings. The summed E-state index contributed by atoms with van der Waals surface area (Å²) < 4.78 is 4.59. The van der Waals surface area contributed by atoms with Gasteiger partial charge in [0.25, 0.3) is 0 Å². The summed E-state index contributed by atoms with van der Waals surface area (Å²) in [4.78, 5) is 0. The zero-order chi connectivity index (χ0) is 15.6. The number of nitrogens with zero attached hydrogens (tertiary/aromatic N) is 1. The summed E-state index contributed by atoms with van der Waals surface area (Å²) >= 11 is 1.72. The molecule has 3 rings (SSSR count). The van der Waals surface area contributed by atoms with E-state index in [0.717, 1.165) is 0 Å². The molecule has 0 unspecified atom stereocenters. The second-order valence-electron chi connectivity index (χ2n) is 4.56. The third-order valence-electron chi connectivity index (χ3n) is 3.19. The van der Waals surface area contributed by atoms with E-state index >= 15 is 0 Å². The fraction of sp³-hybridized carbons (Fsp3) is 0. The average Bonchev–Trinajstić information content (AvgIpc) is 2.59. The number of benzene rings is 3. The van der Waals surface area contributed by atoms with Gasteiger partial charge < -0.3 is 12.6 Å². The van der Waals surface area contributed by atoms with Crippen LogP contribution in [-0.4, -0.2) is 19.8 Å². The quantitative estimate of drug-likeness (QED) is 0.377. The topological polar surface area (TPSA) is 23.8 Å². The first-order valence-electron chi connectivity index (χ1n) is 6.91. The van der Waals surface area contributed by atoms with Crippen LogP contribution in [0, 0.1) is 10.7 Å². The Kier molecular flexibility index (Phi) is 6.95. The standard InChI is InChI=1S/3C6H5.CHNS.Sn/c3*1-2-4-6-5-3-1;2-1-3;/h3*1-5H;3H;/p-1. The van der Waals surface area contributed by atoms with Crippen LogP contribution in [0.3, 0.4) is 0 Å². The van der Waals surface area contributed by atoms with Gasteiger partial charge in [-0.3, -0.25) is 0 Å². The van der Waals surface area contributed by atoms with Crippen LogP contribution in [0.1, 0.15) is 0 Å². The van der Waals surface area contributed by atoms with Gasteiger partial charge in [-0.15, -0.1) is 0 Å². The number of nitriles is 1. The van der Waals surface area contributed by atoms with Crippen LogP contribution in [0.5, 0.6) is 0 Å². The molecule has 0 heterocycles. The molecule has 0 fully saturated rings. The Labute approximate surface area is 144 Å². The van der Waals surface area contributed by atoms with Gasteiger partial charge in [0.05, 0.1) is 0 Å². The van der Waals surface area contributed by atoms with Crippen LogP contribution in [-0.2, 0) is 12.6 Å². The van der Waals surface area contributed by atoms with Crippen molar-refractivity contribution in [2.45, 2.75) is 0 Å². The monoisotopic (exact) mass is 409 g/mol. The third kappa shape index (κ3) is 4.59. The summed E-state index contributed by atoms with van der Waals surface area (Å²) in [6.07, 6.45) is 0. The Balaban J connectivity index is 0.000000545. The van der Waals surface area contributed by atoms with E-state index in [1.165, 1.54) is 16.1 Å². The molecule has 0 saturated carbocycles. The van der Waals surface area contributed by atoms with E-state index in [2.05, 4.69) is 104 Å². The van der Waals surface area contributed by atoms with Gasteiger partial charge in [0.15, 0.2) is 0 Å². The molecular weight excluding hydrogens is 393 g/mol. The van der Waals surface area contributed by atoms with Crippen LogP contribution in [0.15, 0.2) is 91.0 Å². The second kappa shape index (κ2) is 9.24. The molecule has 0 amide bonds. The van der Waals surface area contributed by atoms with Crippen LogP contribution in [0.25, 0.3) is 0 Å². The molecule has 3 heteroatoms. The van der Waals surface area contributed by atoms with Gasteiger partial charge in [-0.05, 0) is 0 Å². The zero-order valence-corrected chi connectivity index (χ0v) is 15.7. The predicted octanol–water partition coefficient (Wildman–Crippen LogP) is 2.22. The fourth-order valence-electron chi connectivity index (χ4n) is 2.31. The first-order valence-corrected chi connectivity index (χ1v) is 11.6. The summed E-state index contributed by atoms with van der Waals surface area (Å²) in [6.45, 7) is 0. The molecule has 0 N–H and O–H groups in total. The molecule has 0 spiro atoms. The van der Waals surface area contributed by atoms with Crippen molar-refractivity contribution in [1.29, 1.82) is 5.26 Å². The van der Waals surface area contributed by atoms with Gasteiger partial charge in [0.2, 0.25) is 0 Å². The number of hydrogen-bond acceptors (Lipinski definition) is 2. The maximum atomic E-state index is 7.13. The summed E-state index contributed by atoms with van der Waals surface area (Å²) in [5.74, 6) is 0. The Morgan fingerprint density at radius 3 is 1.05 bits per heavy atom. The van der Waals surface area contributed by atoms with E-state index in [9.17, 15) is 0 Å². The Bertz CT molecular complexity index is 615. The van der Waals surface area contributed by atoms with Crippen LogP contribution < -0.4 is 10.7 Å². The number of thiocyanates is 1. The second-order valence-corrected chi connectivity index (χ2v) is 11.8. The van der Waals surface area contributed by atoms with E-state index in [4.69, 9.17) is 5.26 Å². The van der Waals surface area contributed by atoms with Crippen molar-refractivity contribution in [2.75, 3.05) is 0 Å². The Morgan fingerprint density at radius 1 is 0.591 bits per heavy atom. The van der Waals surface area contributed by atoms with Crippen molar-refractivity contribution in [1.82, 2.24) is 0 Å². The molecule has 3 aromatic rings. The van der Waals surface area contributed by atoms with E-state index in [1.807, 2.05) is 0 Å². The van der Waals surface area contributed by atoms with Crippen molar-refractivity contribution >= 4 is 43.1 Å². The van der Waals surface area contributed by atoms with E-state index < -0.39 is 19.8 Å². The molecule has 0 saturated heterocycles. The Hall–Kier alpha value is -1.83. The molecule has 0 aliphatic heterocycles. The Morgan fingerprint density at radius 2 is 0.818 bits per heavy atom. The maximum absolute atomic E-state index is 7.13. The molecule has 0 bridgehead atoms. The summed E-state index contributed by atoms with van der Waals surface area (Å²) in [6, 6.07) is 32.9. The van der Waals surface area contributed by atoms with Gasteiger partial charge in [-0.1, -0.05) is 5.40 Å². The van der Waals surface area contributed by atoms with Crippen molar-refractivity contribution < 1.29 is 0 Å². The number of rotatable bonds is 3. The molecule has 0 aromatic heterocycles. The van der Waals surface area contributed by atoms with Crippen LogP contribution >= 0.6 is 0 Å². The molecule has 1 radical (unpaired) electrons. The molecular formula is C19H15NSSn-. The van der Waals surface area contributed by atoms with Crippen LogP contribution in [0.2, 0.25) is 0 Å². The van der Waals surface area contributed by atoms with Crippen molar-refractivity contribution in [3.63, 3.8) is 0 Å². The van der Waals surface area contributed by atoms with Crippen LogP contribution in [0.4, 0.5) is 0 Å². The minimum absolute atomic E-state index is 1.33. The molecule has 1 nitrogen and oxygen atoms in total. The third-order valence-corrected chi connectivity index (χ3v) is 11.0. The van der Waals surface area contributed by atoms with Crippen molar-refractivity contribution in [3.8, 4) is 5.40 Å². The average molecular weight is 408 g/mol.